The van der Waals surface area contributed by atoms with Crippen molar-refractivity contribution in [3.8, 4) is 0 Å². The zero-order chi connectivity index (χ0) is 16.6. The van der Waals surface area contributed by atoms with Crippen molar-refractivity contribution >= 4 is 6.09 Å². The number of nitrogens with zero attached hydrogens (tertiary/aromatic N) is 2. The monoisotopic (exact) mass is 307 g/mol. The lowest BCUT2D eigenvalue weighted by Gasteiger charge is -2.27. The number of ether oxygens (including phenoxy) is 1. The number of carbonyl (C=O) groups excluding carboxylic acids is 1. The van der Waals surface area contributed by atoms with Gasteiger partial charge in [-0.1, -0.05) is 13.0 Å². The van der Waals surface area contributed by atoms with Gasteiger partial charge in [-0.15, -0.1) is 0 Å². The number of nitrogens with one attached hydrogen (secondary N) is 1. The highest BCUT2D eigenvalue weighted by atomic mass is 16.6. The minimum atomic E-state index is -0.459. The first-order valence-electron chi connectivity index (χ1n) is 7.94. The highest BCUT2D eigenvalue weighted by molar-refractivity contribution is 5.68. The topological polar surface area (TPSA) is 54.5 Å². The predicted molar refractivity (Wildman–Crippen MR) is 88.8 cm³/mol. The summed E-state index contributed by atoms with van der Waals surface area (Å²) in [6, 6.07) is 4.18. The molecule has 0 saturated heterocycles. The van der Waals surface area contributed by atoms with E-state index in [0.29, 0.717) is 13.1 Å². The Morgan fingerprint density at radius 2 is 2.14 bits per heavy atom. The minimum Gasteiger partial charge on any atom is -0.444 e. The lowest BCUT2D eigenvalue weighted by Crippen LogP contribution is -2.41. The maximum Gasteiger partial charge on any atom is 0.410 e. The Bertz CT molecular complexity index is 443. The van der Waals surface area contributed by atoms with E-state index in [1.54, 1.807) is 11.1 Å². The van der Waals surface area contributed by atoms with Gasteiger partial charge in [0.15, 0.2) is 0 Å². The first kappa shape index (κ1) is 18.4. The number of hydrogen-bond acceptors (Lipinski definition) is 4. The van der Waals surface area contributed by atoms with E-state index < -0.39 is 5.60 Å². The molecule has 1 N–H and O–H groups in total. The van der Waals surface area contributed by atoms with Crippen LogP contribution in [0.5, 0.6) is 0 Å². The van der Waals surface area contributed by atoms with E-state index in [4.69, 9.17) is 4.74 Å². The van der Waals surface area contributed by atoms with Gasteiger partial charge in [0.1, 0.15) is 5.60 Å². The van der Waals surface area contributed by atoms with Crippen molar-refractivity contribution in [1.82, 2.24) is 15.2 Å². The van der Waals surface area contributed by atoms with Gasteiger partial charge in [-0.05, 0) is 45.7 Å². The van der Waals surface area contributed by atoms with Crippen LogP contribution >= 0.6 is 0 Å². The Morgan fingerprint density at radius 1 is 1.41 bits per heavy atom. The van der Waals surface area contributed by atoms with Crippen molar-refractivity contribution in [2.75, 3.05) is 19.6 Å². The number of hydrogen-bond donors (Lipinski definition) is 1. The van der Waals surface area contributed by atoms with Crippen LogP contribution in [-0.2, 0) is 4.74 Å². The second-order valence-corrected chi connectivity index (χ2v) is 6.43. The summed E-state index contributed by atoms with van der Waals surface area (Å²) in [5, 5.41) is 3.42. The Morgan fingerprint density at radius 3 is 2.68 bits per heavy atom. The zero-order valence-electron chi connectivity index (χ0n) is 14.4. The summed E-state index contributed by atoms with van der Waals surface area (Å²) in [5.41, 5.74) is 0.682. The number of amides is 1. The molecule has 0 aliphatic heterocycles. The maximum absolute atomic E-state index is 12.2. The largest absolute Gasteiger partial charge is 0.444 e. The summed E-state index contributed by atoms with van der Waals surface area (Å²) in [5.74, 6) is 0. The molecule has 0 aliphatic rings. The third kappa shape index (κ3) is 6.89. The van der Waals surface area contributed by atoms with Crippen molar-refractivity contribution in [2.24, 2.45) is 0 Å². The Labute approximate surface area is 134 Å². The van der Waals surface area contributed by atoms with Crippen LogP contribution in [0.3, 0.4) is 0 Å². The summed E-state index contributed by atoms with van der Waals surface area (Å²) >= 11 is 0. The molecule has 0 radical (unpaired) electrons. The second-order valence-electron chi connectivity index (χ2n) is 6.43. The molecule has 1 amide bonds. The molecule has 0 spiro atoms. The predicted octanol–water partition coefficient (Wildman–Crippen LogP) is 3.38. The molecule has 5 nitrogen and oxygen atoms in total. The molecule has 0 saturated carbocycles. The van der Waals surface area contributed by atoms with Gasteiger partial charge in [0.05, 0.1) is 0 Å². The van der Waals surface area contributed by atoms with Crippen LogP contribution in [0.25, 0.3) is 0 Å². The van der Waals surface area contributed by atoms with Gasteiger partial charge >= 0.3 is 6.09 Å². The van der Waals surface area contributed by atoms with Gasteiger partial charge in [0, 0.05) is 38.1 Å². The quantitative estimate of drug-likeness (QED) is 0.839. The normalized spacial score (nSPS) is 12.8. The molecule has 1 atom stereocenters. The van der Waals surface area contributed by atoms with Crippen LogP contribution < -0.4 is 5.32 Å². The highest BCUT2D eigenvalue weighted by Gasteiger charge is 2.21. The number of carbonyl (C=O) groups is 1. The molecule has 124 valence electrons. The average Bonchev–Trinajstić information content (AvgIpc) is 2.45. The summed E-state index contributed by atoms with van der Waals surface area (Å²) in [7, 11) is 0. The van der Waals surface area contributed by atoms with E-state index in [1.807, 2.05) is 39.1 Å². The fraction of sp³-hybridized carbons (Fsp3) is 0.647. The SMILES string of the molecule is CCCN(CCNC(C)c1cccnc1)C(=O)OC(C)(C)C. The van der Waals surface area contributed by atoms with Crippen LogP contribution in [0.4, 0.5) is 4.79 Å². The standard InChI is InChI=1S/C17H29N3O2/c1-6-11-20(16(21)22-17(3,4)5)12-10-19-14(2)15-8-7-9-18-13-15/h7-9,13-14,19H,6,10-12H2,1-5H3. The van der Waals surface area contributed by atoms with Crippen molar-refractivity contribution in [3.63, 3.8) is 0 Å². The lowest BCUT2D eigenvalue weighted by atomic mass is 10.1. The van der Waals surface area contributed by atoms with Crippen molar-refractivity contribution < 1.29 is 9.53 Å². The van der Waals surface area contributed by atoms with E-state index in [0.717, 1.165) is 18.5 Å². The molecular weight excluding hydrogens is 278 g/mol. The molecule has 1 aromatic heterocycles. The molecule has 0 fully saturated rings. The molecular formula is C17H29N3O2. The number of rotatable bonds is 7. The molecule has 1 unspecified atom stereocenters. The molecule has 0 bridgehead atoms. The van der Waals surface area contributed by atoms with E-state index in [-0.39, 0.29) is 12.1 Å². The van der Waals surface area contributed by atoms with Gasteiger partial charge in [-0.3, -0.25) is 4.98 Å². The Kier molecular flexibility index (Phi) is 7.32. The van der Waals surface area contributed by atoms with Gasteiger partial charge in [0.2, 0.25) is 0 Å². The van der Waals surface area contributed by atoms with Crippen LogP contribution in [0, 0.1) is 0 Å². The van der Waals surface area contributed by atoms with Gasteiger partial charge in [-0.2, -0.15) is 0 Å². The first-order chi connectivity index (χ1) is 10.3. The molecule has 22 heavy (non-hydrogen) atoms. The lowest BCUT2D eigenvalue weighted by molar-refractivity contribution is 0.0251. The van der Waals surface area contributed by atoms with Crippen LogP contribution in [-0.4, -0.2) is 41.2 Å². The highest BCUT2D eigenvalue weighted by Crippen LogP contribution is 2.11. The summed E-state index contributed by atoms with van der Waals surface area (Å²) in [6.45, 7) is 11.9. The third-order valence-corrected chi connectivity index (χ3v) is 3.16. The van der Waals surface area contributed by atoms with Gasteiger partial charge in [-0.25, -0.2) is 4.79 Å². The van der Waals surface area contributed by atoms with Crippen LogP contribution in [0.1, 0.15) is 52.6 Å². The fourth-order valence-electron chi connectivity index (χ4n) is 2.06. The third-order valence-electron chi connectivity index (χ3n) is 3.16. The fourth-order valence-corrected chi connectivity index (χ4v) is 2.06. The van der Waals surface area contributed by atoms with Gasteiger partial charge in [0.25, 0.3) is 0 Å². The van der Waals surface area contributed by atoms with E-state index in [1.165, 1.54) is 0 Å². The average molecular weight is 307 g/mol. The number of aromatic nitrogens is 1. The molecule has 5 heteroatoms. The van der Waals surface area contributed by atoms with Crippen LogP contribution in [0.15, 0.2) is 24.5 Å². The molecule has 0 aliphatic carbocycles. The van der Waals surface area contributed by atoms with E-state index >= 15 is 0 Å². The number of pyridine rings is 1. The first-order valence-corrected chi connectivity index (χ1v) is 7.94. The minimum absolute atomic E-state index is 0.204. The van der Waals surface area contributed by atoms with Gasteiger partial charge < -0.3 is 15.0 Å². The van der Waals surface area contributed by atoms with E-state index in [9.17, 15) is 4.79 Å². The van der Waals surface area contributed by atoms with Crippen molar-refractivity contribution in [2.45, 2.75) is 52.7 Å². The smallest absolute Gasteiger partial charge is 0.410 e. The summed E-state index contributed by atoms with van der Waals surface area (Å²) in [6.07, 6.45) is 4.29. The molecule has 0 aromatic carbocycles. The molecule has 1 rings (SSSR count). The molecule has 1 heterocycles. The van der Waals surface area contributed by atoms with Crippen molar-refractivity contribution in [3.05, 3.63) is 30.1 Å². The summed E-state index contributed by atoms with van der Waals surface area (Å²) < 4.78 is 5.44. The van der Waals surface area contributed by atoms with Crippen molar-refractivity contribution in [1.29, 1.82) is 0 Å². The Balaban J connectivity index is 2.46. The molecule has 1 aromatic rings. The maximum atomic E-state index is 12.2. The van der Waals surface area contributed by atoms with Crippen LogP contribution in [0.2, 0.25) is 0 Å². The van der Waals surface area contributed by atoms with E-state index in [2.05, 4.69) is 24.1 Å². The zero-order valence-corrected chi connectivity index (χ0v) is 14.4. The second kappa shape index (κ2) is 8.73. The summed E-state index contributed by atoms with van der Waals surface area (Å²) in [4.78, 5) is 18.0. The Hall–Kier alpha value is -1.62.